The Morgan fingerprint density at radius 2 is 2.22 bits per heavy atom. The second kappa shape index (κ2) is 7.69. The quantitative estimate of drug-likeness (QED) is 0.501. The first-order valence-corrected chi connectivity index (χ1v) is 11.3. The van der Waals surface area contributed by atoms with Crippen LogP contribution in [0.25, 0.3) is 21.5 Å². The van der Waals surface area contributed by atoms with E-state index in [-0.39, 0.29) is 17.4 Å². The molecule has 0 amide bonds. The molecule has 1 unspecified atom stereocenters. The molecule has 0 saturated carbocycles. The Morgan fingerprint density at radius 1 is 1.33 bits per heavy atom. The highest BCUT2D eigenvalue weighted by Crippen LogP contribution is 2.36. The Labute approximate surface area is 161 Å². The van der Waals surface area contributed by atoms with Gasteiger partial charge in [-0.25, -0.2) is 18.1 Å². The number of rotatable bonds is 6. The average molecular weight is 407 g/mol. The van der Waals surface area contributed by atoms with Gasteiger partial charge >= 0.3 is 0 Å². The average Bonchev–Trinajstić information content (AvgIpc) is 3.34. The summed E-state index contributed by atoms with van der Waals surface area (Å²) in [7, 11) is -3.60. The van der Waals surface area contributed by atoms with E-state index in [4.69, 9.17) is 5.11 Å². The Balaban J connectivity index is 1.69. The van der Waals surface area contributed by atoms with Crippen molar-refractivity contribution in [1.82, 2.24) is 20.0 Å². The van der Waals surface area contributed by atoms with Crippen LogP contribution in [0.15, 0.2) is 34.7 Å². The maximum atomic E-state index is 12.3. The highest BCUT2D eigenvalue weighted by molar-refractivity contribution is 7.91. The maximum absolute atomic E-state index is 12.3. The molecular formula is C18H22N4O3S2. The van der Waals surface area contributed by atoms with Gasteiger partial charge in [0, 0.05) is 46.7 Å². The second-order valence-corrected chi connectivity index (χ2v) is 9.71. The van der Waals surface area contributed by atoms with Gasteiger partial charge in [0.05, 0.1) is 6.61 Å². The minimum absolute atomic E-state index is 0.00562. The van der Waals surface area contributed by atoms with E-state index in [1.807, 2.05) is 12.1 Å². The van der Waals surface area contributed by atoms with Crippen LogP contribution in [0.4, 0.5) is 0 Å². The normalized spacial score (nSPS) is 18.2. The van der Waals surface area contributed by atoms with Crippen molar-refractivity contribution >= 4 is 32.4 Å². The summed E-state index contributed by atoms with van der Waals surface area (Å²) in [6, 6.07) is 7.49. The summed E-state index contributed by atoms with van der Waals surface area (Å²) in [6.45, 7) is 1.80. The molecule has 27 heavy (non-hydrogen) atoms. The van der Waals surface area contributed by atoms with Gasteiger partial charge in [-0.3, -0.25) is 0 Å². The van der Waals surface area contributed by atoms with Crippen LogP contribution >= 0.6 is 11.3 Å². The third-order valence-corrected chi connectivity index (χ3v) is 7.88. The van der Waals surface area contributed by atoms with Gasteiger partial charge in [-0.1, -0.05) is 0 Å². The zero-order valence-corrected chi connectivity index (χ0v) is 16.4. The monoisotopic (exact) mass is 406 g/mol. The SMILES string of the molecule is O=S(=O)(NCCO)c1ccc(-c2ccnc3[nH]c(C4CCCNC4)cc23)s1. The lowest BCUT2D eigenvalue weighted by Crippen LogP contribution is -2.28. The molecule has 0 spiro atoms. The number of H-pyrrole nitrogens is 1. The molecule has 144 valence electrons. The number of piperidine rings is 1. The number of pyridine rings is 1. The van der Waals surface area contributed by atoms with E-state index in [0.29, 0.717) is 5.92 Å². The molecular weight excluding hydrogens is 384 g/mol. The fourth-order valence-electron chi connectivity index (χ4n) is 3.46. The molecule has 1 atom stereocenters. The number of aliphatic hydroxyl groups excluding tert-OH is 1. The van der Waals surface area contributed by atoms with E-state index >= 15 is 0 Å². The maximum Gasteiger partial charge on any atom is 0.250 e. The number of aromatic nitrogens is 2. The van der Waals surface area contributed by atoms with Crippen LogP contribution in [0.1, 0.15) is 24.5 Å². The van der Waals surface area contributed by atoms with Crippen molar-refractivity contribution in [3.8, 4) is 10.4 Å². The van der Waals surface area contributed by atoms with Gasteiger partial charge < -0.3 is 15.4 Å². The molecule has 1 saturated heterocycles. The summed E-state index contributed by atoms with van der Waals surface area (Å²) in [5.74, 6) is 0.447. The number of hydrogen-bond acceptors (Lipinski definition) is 6. The molecule has 1 aliphatic rings. The van der Waals surface area contributed by atoms with Gasteiger partial charge in [0.15, 0.2) is 0 Å². The van der Waals surface area contributed by atoms with Crippen LogP contribution in [-0.4, -0.2) is 49.7 Å². The zero-order chi connectivity index (χ0) is 18.9. The minimum atomic E-state index is -3.60. The van der Waals surface area contributed by atoms with Crippen molar-refractivity contribution in [2.24, 2.45) is 0 Å². The number of thiophene rings is 1. The van der Waals surface area contributed by atoms with Gasteiger partial charge in [-0.2, -0.15) is 0 Å². The molecule has 3 aromatic heterocycles. The molecule has 9 heteroatoms. The largest absolute Gasteiger partial charge is 0.395 e. The molecule has 7 nitrogen and oxygen atoms in total. The van der Waals surface area contributed by atoms with Gasteiger partial charge in [0.25, 0.3) is 0 Å². The first-order valence-electron chi connectivity index (χ1n) is 8.97. The van der Waals surface area contributed by atoms with E-state index in [9.17, 15) is 8.42 Å². The van der Waals surface area contributed by atoms with E-state index in [2.05, 4.69) is 26.1 Å². The van der Waals surface area contributed by atoms with Gasteiger partial charge in [0.2, 0.25) is 10.0 Å². The zero-order valence-electron chi connectivity index (χ0n) is 14.7. The summed E-state index contributed by atoms with van der Waals surface area (Å²) in [6.07, 6.45) is 4.05. The predicted octanol–water partition coefficient (Wildman–Crippen LogP) is 2.03. The van der Waals surface area contributed by atoms with Gasteiger partial charge in [-0.15, -0.1) is 11.3 Å². The lowest BCUT2D eigenvalue weighted by Gasteiger charge is -2.21. The fraction of sp³-hybridized carbons (Fsp3) is 0.389. The Hall–Kier alpha value is -1.78. The second-order valence-electron chi connectivity index (χ2n) is 6.63. The molecule has 4 rings (SSSR count). The van der Waals surface area contributed by atoms with E-state index in [1.54, 1.807) is 12.3 Å². The number of aliphatic hydroxyl groups is 1. The Bertz CT molecular complexity index is 1040. The van der Waals surface area contributed by atoms with Crippen LogP contribution in [0.3, 0.4) is 0 Å². The fourth-order valence-corrected chi connectivity index (χ4v) is 5.87. The summed E-state index contributed by atoms with van der Waals surface area (Å²) >= 11 is 1.22. The van der Waals surface area contributed by atoms with Crippen molar-refractivity contribution in [3.05, 3.63) is 36.2 Å². The molecule has 4 N–H and O–H groups in total. The summed E-state index contributed by atoms with van der Waals surface area (Å²) < 4.78 is 27.2. The number of hydrogen-bond donors (Lipinski definition) is 4. The van der Waals surface area contributed by atoms with Gasteiger partial charge in [0.1, 0.15) is 9.86 Å². The molecule has 3 aromatic rings. The lowest BCUT2D eigenvalue weighted by atomic mass is 9.96. The summed E-state index contributed by atoms with van der Waals surface area (Å²) in [5, 5.41) is 13.3. The Morgan fingerprint density at radius 3 is 3.00 bits per heavy atom. The molecule has 1 fully saturated rings. The first kappa shape index (κ1) is 18.6. The van der Waals surface area contributed by atoms with Crippen LogP contribution in [-0.2, 0) is 10.0 Å². The van der Waals surface area contributed by atoms with Crippen LogP contribution in [0, 0.1) is 0 Å². The van der Waals surface area contributed by atoms with E-state index < -0.39 is 10.0 Å². The van der Waals surface area contributed by atoms with Crippen LogP contribution in [0.2, 0.25) is 0 Å². The van der Waals surface area contributed by atoms with Crippen molar-refractivity contribution in [3.63, 3.8) is 0 Å². The molecule has 0 aliphatic carbocycles. The predicted molar refractivity (Wildman–Crippen MR) is 107 cm³/mol. The third kappa shape index (κ3) is 3.78. The number of aromatic amines is 1. The highest BCUT2D eigenvalue weighted by atomic mass is 32.2. The smallest absolute Gasteiger partial charge is 0.250 e. The molecule has 0 bridgehead atoms. The molecule has 0 aromatic carbocycles. The standard InChI is InChI=1S/C18H22N4O3S2/c23-9-8-21-27(24,25)17-4-3-16(26-17)13-5-7-20-18-14(13)10-15(22-18)12-2-1-6-19-11-12/h3-5,7,10,12,19,21,23H,1-2,6,8-9,11H2,(H,20,22). The number of nitrogens with zero attached hydrogens (tertiary/aromatic N) is 1. The number of fused-ring (bicyclic) bond motifs is 1. The van der Waals surface area contributed by atoms with Crippen molar-refractivity contribution in [2.45, 2.75) is 23.0 Å². The lowest BCUT2D eigenvalue weighted by molar-refractivity contribution is 0.301. The third-order valence-electron chi connectivity index (χ3n) is 4.80. The number of nitrogens with one attached hydrogen (secondary N) is 3. The first-order chi connectivity index (χ1) is 13.1. The van der Waals surface area contributed by atoms with E-state index in [0.717, 1.165) is 47.4 Å². The summed E-state index contributed by atoms with van der Waals surface area (Å²) in [5.41, 5.74) is 2.97. The highest BCUT2D eigenvalue weighted by Gasteiger charge is 2.20. The van der Waals surface area contributed by atoms with Crippen molar-refractivity contribution < 1.29 is 13.5 Å². The topological polar surface area (TPSA) is 107 Å². The summed E-state index contributed by atoms with van der Waals surface area (Å²) in [4.78, 5) is 8.76. The molecule has 4 heterocycles. The number of sulfonamides is 1. The minimum Gasteiger partial charge on any atom is -0.395 e. The van der Waals surface area contributed by atoms with Crippen molar-refractivity contribution in [1.29, 1.82) is 0 Å². The van der Waals surface area contributed by atoms with Crippen molar-refractivity contribution in [2.75, 3.05) is 26.2 Å². The molecule has 0 radical (unpaired) electrons. The van der Waals surface area contributed by atoms with Crippen LogP contribution < -0.4 is 10.0 Å². The van der Waals surface area contributed by atoms with Crippen LogP contribution in [0.5, 0.6) is 0 Å². The Kier molecular flexibility index (Phi) is 5.29. The molecule has 1 aliphatic heterocycles. The van der Waals surface area contributed by atoms with E-state index in [1.165, 1.54) is 17.0 Å². The van der Waals surface area contributed by atoms with Gasteiger partial charge in [-0.05, 0) is 43.7 Å².